The number of benzene rings is 3. The van der Waals surface area contributed by atoms with E-state index < -0.39 is 0 Å². The van der Waals surface area contributed by atoms with Crippen LogP contribution in [0.25, 0.3) is 0 Å². The fourth-order valence-corrected chi connectivity index (χ4v) is 2.80. The molecule has 0 saturated heterocycles. The molecule has 5 heteroatoms. The van der Waals surface area contributed by atoms with Crippen molar-refractivity contribution in [3.05, 3.63) is 96.1 Å². The van der Waals surface area contributed by atoms with Gasteiger partial charge >= 0.3 is 0 Å². The maximum absolute atomic E-state index is 12.3. The number of hydrogen-bond acceptors (Lipinski definition) is 3. The maximum Gasteiger partial charge on any atom is 0.233 e. The van der Waals surface area contributed by atoms with Gasteiger partial charge < -0.3 is 15.0 Å². The third-order valence-corrected chi connectivity index (χ3v) is 4.39. The van der Waals surface area contributed by atoms with Crippen LogP contribution in [-0.2, 0) is 22.7 Å². The van der Waals surface area contributed by atoms with Gasteiger partial charge in [-0.05, 0) is 35.4 Å². The number of rotatable bonds is 8. The third kappa shape index (κ3) is 6.50. The van der Waals surface area contributed by atoms with E-state index in [4.69, 9.17) is 4.74 Å². The molecular formula is C24H24N2O3. The van der Waals surface area contributed by atoms with E-state index in [1.54, 1.807) is 36.2 Å². The van der Waals surface area contributed by atoms with Crippen LogP contribution in [0, 0.1) is 0 Å². The summed E-state index contributed by atoms with van der Waals surface area (Å²) < 4.78 is 5.73. The highest BCUT2D eigenvalue weighted by Crippen LogP contribution is 2.17. The van der Waals surface area contributed by atoms with Crippen molar-refractivity contribution in [2.24, 2.45) is 0 Å². The predicted molar refractivity (Wildman–Crippen MR) is 113 cm³/mol. The van der Waals surface area contributed by atoms with Crippen LogP contribution in [0.1, 0.15) is 17.5 Å². The van der Waals surface area contributed by atoms with Crippen LogP contribution < -0.4 is 10.1 Å². The van der Waals surface area contributed by atoms with Crippen molar-refractivity contribution in [2.75, 3.05) is 12.4 Å². The average molecular weight is 388 g/mol. The molecule has 0 fully saturated rings. The van der Waals surface area contributed by atoms with Crippen molar-refractivity contribution in [1.82, 2.24) is 4.90 Å². The van der Waals surface area contributed by atoms with E-state index in [9.17, 15) is 9.59 Å². The first-order valence-corrected chi connectivity index (χ1v) is 9.45. The number of ether oxygens (including phenoxy) is 1. The Morgan fingerprint density at radius 1 is 0.828 bits per heavy atom. The Morgan fingerprint density at radius 2 is 1.41 bits per heavy atom. The summed E-state index contributed by atoms with van der Waals surface area (Å²) in [4.78, 5) is 26.0. The largest absolute Gasteiger partial charge is 0.489 e. The molecule has 3 aromatic carbocycles. The molecule has 1 N–H and O–H groups in total. The molecule has 0 heterocycles. The molecule has 3 aromatic rings. The second-order valence-electron chi connectivity index (χ2n) is 6.76. The minimum Gasteiger partial charge on any atom is -0.489 e. The van der Waals surface area contributed by atoms with Crippen LogP contribution in [-0.4, -0.2) is 23.8 Å². The quantitative estimate of drug-likeness (QED) is 0.587. The van der Waals surface area contributed by atoms with Crippen LogP contribution in [0.15, 0.2) is 84.9 Å². The fraction of sp³-hybridized carbons (Fsp3) is 0.167. The van der Waals surface area contributed by atoms with E-state index in [0.717, 1.165) is 11.1 Å². The van der Waals surface area contributed by atoms with E-state index in [0.29, 0.717) is 24.6 Å². The maximum atomic E-state index is 12.3. The summed E-state index contributed by atoms with van der Waals surface area (Å²) in [5.74, 6) is 0.146. The number of carbonyl (C=O) groups is 2. The topological polar surface area (TPSA) is 58.6 Å². The Bertz CT molecular complexity index is 925. The minimum absolute atomic E-state index is 0.199. The van der Waals surface area contributed by atoms with Crippen molar-refractivity contribution < 1.29 is 14.3 Å². The lowest BCUT2D eigenvalue weighted by atomic mass is 10.2. The van der Waals surface area contributed by atoms with Crippen molar-refractivity contribution in [2.45, 2.75) is 19.6 Å². The monoisotopic (exact) mass is 388 g/mol. The fourth-order valence-electron chi connectivity index (χ4n) is 2.80. The SMILES string of the molecule is CN(Cc1ccccc1)C(=O)CC(=O)Nc1ccc(OCc2ccccc2)cc1. The summed E-state index contributed by atoms with van der Waals surface area (Å²) >= 11 is 0. The zero-order valence-corrected chi connectivity index (χ0v) is 16.4. The molecule has 0 aliphatic carbocycles. The predicted octanol–water partition coefficient (Wildman–Crippen LogP) is 4.25. The zero-order chi connectivity index (χ0) is 20.5. The molecule has 0 aliphatic heterocycles. The number of nitrogens with one attached hydrogen (secondary N) is 1. The molecule has 2 amide bonds. The van der Waals surface area contributed by atoms with E-state index in [2.05, 4.69) is 5.32 Å². The summed E-state index contributed by atoms with van der Waals surface area (Å²) in [7, 11) is 1.70. The van der Waals surface area contributed by atoms with E-state index >= 15 is 0 Å². The van der Waals surface area contributed by atoms with Gasteiger partial charge in [0.05, 0.1) is 0 Å². The number of nitrogens with zero attached hydrogens (tertiary/aromatic N) is 1. The molecule has 148 valence electrons. The van der Waals surface area contributed by atoms with Crippen LogP contribution in [0.3, 0.4) is 0 Å². The van der Waals surface area contributed by atoms with E-state index in [1.165, 1.54) is 0 Å². The molecule has 0 bridgehead atoms. The summed E-state index contributed by atoms with van der Waals surface area (Å²) in [6.45, 7) is 0.954. The van der Waals surface area contributed by atoms with Crippen LogP contribution in [0.5, 0.6) is 5.75 Å². The van der Waals surface area contributed by atoms with Gasteiger partial charge in [-0.3, -0.25) is 9.59 Å². The van der Waals surface area contributed by atoms with Gasteiger partial charge in [-0.25, -0.2) is 0 Å². The van der Waals surface area contributed by atoms with Crippen LogP contribution in [0.2, 0.25) is 0 Å². The van der Waals surface area contributed by atoms with Gasteiger partial charge in [0.25, 0.3) is 0 Å². The zero-order valence-electron chi connectivity index (χ0n) is 16.4. The first-order chi connectivity index (χ1) is 14.1. The first kappa shape index (κ1) is 20.1. The Labute approximate surface area is 170 Å². The number of amides is 2. The smallest absolute Gasteiger partial charge is 0.233 e. The van der Waals surface area contributed by atoms with E-state index in [-0.39, 0.29) is 18.2 Å². The van der Waals surface area contributed by atoms with Crippen LogP contribution in [0.4, 0.5) is 5.69 Å². The van der Waals surface area contributed by atoms with Crippen molar-refractivity contribution in [3.8, 4) is 5.75 Å². The average Bonchev–Trinajstić information content (AvgIpc) is 2.74. The third-order valence-electron chi connectivity index (χ3n) is 4.39. The second kappa shape index (κ2) is 10.1. The molecule has 0 saturated carbocycles. The summed E-state index contributed by atoms with van der Waals surface area (Å²) in [6.07, 6.45) is -0.199. The van der Waals surface area contributed by atoms with Gasteiger partial charge in [0.1, 0.15) is 18.8 Å². The Morgan fingerprint density at radius 3 is 2.03 bits per heavy atom. The van der Waals surface area contributed by atoms with Gasteiger partial charge in [-0.1, -0.05) is 60.7 Å². The van der Waals surface area contributed by atoms with Crippen molar-refractivity contribution in [3.63, 3.8) is 0 Å². The summed E-state index contributed by atoms with van der Waals surface area (Å²) in [5.41, 5.74) is 2.73. The van der Waals surface area contributed by atoms with Gasteiger partial charge in [0, 0.05) is 19.3 Å². The standard InChI is InChI=1S/C24H24N2O3/c1-26(17-19-8-4-2-5-9-19)24(28)16-23(27)25-21-12-14-22(15-13-21)29-18-20-10-6-3-7-11-20/h2-15H,16-18H2,1H3,(H,25,27). The normalized spacial score (nSPS) is 10.2. The first-order valence-electron chi connectivity index (χ1n) is 9.45. The Hall–Kier alpha value is -3.60. The van der Waals surface area contributed by atoms with Crippen LogP contribution >= 0.6 is 0 Å². The summed E-state index contributed by atoms with van der Waals surface area (Å²) in [5, 5.41) is 2.75. The summed E-state index contributed by atoms with van der Waals surface area (Å²) in [6, 6.07) is 26.7. The Kier molecular flexibility index (Phi) is 7.00. The van der Waals surface area contributed by atoms with Crippen molar-refractivity contribution >= 4 is 17.5 Å². The molecule has 0 radical (unpaired) electrons. The highest BCUT2D eigenvalue weighted by Gasteiger charge is 2.14. The van der Waals surface area contributed by atoms with E-state index in [1.807, 2.05) is 60.7 Å². The molecule has 3 rings (SSSR count). The van der Waals surface area contributed by atoms with Crippen molar-refractivity contribution in [1.29, 1.82) is 0 Å². The second-order valence-corrected chi connectivity index (χ2v) is 6.76. The van der Waals surface area contributed by atoms with Gasteiger partial charge in [-0.15, -0.1) is 0 Å². The molecule has 0 atom stereocenters. The number of carbonyl (C=O) groups excluding carboxylic acids is 2. The Balaban J connectivity index is 1.45. The molecule has 0 aliphatic rings. The lowest BCUT2D eigenvalue weighted by Gasteiger charge is -2.17. The molecule has 0 unspecified atom stereocenters. The highest BCUT2D eigenvalue weighted by atomic mass is 16.5. The minimum atomic E-state index is -0.340. The lowest BCUT2D eigenvalue weighted by Crippen LogP contribution is -2.30. The highest BCUT2D eigenvalue weighted by molar-refractivity contribution is 6.03. The van der Waals surface area contributed by atoms with Gasteiger partial charge in [-0.2, -0.15) is 0 Å². The molecule has 0 aromatic heterocycles. The van der Waals surface area contributed by atoms with Gasteiger partial charge in [0.15, 0.2) is 0 Å². The lowest BCUT2D eigenvalue weighted by molar-refractivity contribution is -0.134. The molecular weight excluding hydrogens is 364 g/mol. The molecule has 0 spiro atoms. The number of hydrogen-bond donors (Lipinski definition) is 1. The number of anilines is 1. The molecule has 29 heavy (non-hydrogen) atoms. The van der Waals surface area contributed by atoms with Gasteiger partial charge in [0.2, 0.25) is 11.8 Å². The molecule has 5 nitrogen and oxygen atoms in total.